The van der Waals surface area contributed by atoms with Crippen molar-refractivity contribution in [2.24, 2.45) is 4.99 Å². The van der Waals surface area contributed by atoms with Gasteiger partial charge in [0.05, 0.1) is 11.6 Å². The number of benzene rings is 1. The number of hydrogen-bond donors (Lipinski definition) is 2. The van der Waals surface area contributed by atoms with E-state index in [1.807, 2.05) is 42.9 Å². The molecular formula is C18H26N4O3. The average molecular weight is 346 g/mol. The third-order valence-electron chi connectivity index (χ3n) is 4.79. The zero-order chi connectivity index (χ0) is 17.9. The largest absolute Gasteiger partial charge is 0.860 e. The van der Waals surface area contributed by atoms with E-state index in [4.69, 9.17) is 9.57 Å². The molecule has 2 N–H and O–H groups in total. The topological polar surface area (TPSA) is 81.0 Å². The molecule has 1 aromatic carbocycles. The van der Waals surface area contributed by atoms with Crippen LogP contribution in [0.3, 0.4) is 0 Å². The average Bonchev–Trinajstić information content (AvgIpc) is 3.26. The summed E-state index contributed by atoms with van der Waals surface area (Å²) in [6.45, 7) is 5.29. The number of aliphatic imine (C=N–C) groups is 1. The van der Waals surface area contributed by atoms with Crippen LogP contribution in [0.25, 0.3) is 0 Å². The quantitative estimate of drug-likeness (QED) is 0.431. The number of ether oxygens (including phenoxy) is 1. The fourth-order valence-corrected chi connectivity index (χ4v) is 2.93. The van der Waals surface area contributed by atoms with E-state index in [-0.39, 0.29) is 18.0 Å². The molecule has 3 unspecified atom stereocenters. The lowest BCUT2D eigenvalue weighted by atomic mass is 9.95. The van der Waals surface area contributed by atoms with Crippen LogP contribution >= 0.6 is 0 Å². The minimum absolute atomic E-state index is 0.0399. The summed E-state index contributed by atoms with van der Waals surface area (Å²) in [7, 11) is 1.65. The first-order valence-corrected chi connectivity index (χ1v) is 8.58. The Morgan fingerprint density at radius 2 is 2.16 bits per heavy atom. The Bertz CT molecular complexity index is 645. The fourth-order valence-electron chi connectivity index (χ4n) is 2.93. The summed E-state index contributed by atoms with van der Waals surface area (Å²) in [5.41, 5.74) is 6.95. The number of nitrogens with zero attached hydrogens (tertiary/aromatic N) is 2. The minimum Gasteiger partial charge on any atom is -0.860 e. The van der Waals surface area contributed by atoms with Gasteiger partial charge in [-0.15, -0.1) is 4.68 Å². The molecule has 0 bridgehead atoms. The highest BCUT2D eigenvalue weighted by Gasteiger charge is 2.37. The van der Waals surface area contributed by atoms with Crippen molar-refractivity contribution in [3.8, 4) is 0 Å². The Kier molecular flexibility index (Phi) is 5.36. The molecule has 1 saturated heterocycles. The van der Waals surface area contributed by atoms with Gasteiger partial charge in [-0.2, -0.15) is 10.9 Å². The first-order valence-electron chi connectivity index (χ1n) is 8.58. The molecule has 2 aliphatic rings. The summed E-state index contributed by atoms with van der Waals surface area (Å²) in [6.07, 6.45) is 1.94. The van der Waals surface area contributed by atoms with Crippen LogP contribution in [0.5, 0.6) is 0 Å². The number of nitrogens with one attached hydrogen (secondary N) is 2. The van der Waals surface area contributed by atoms with Crippen molar-refractivity contribution in [2.75, 3.05) is 13.7 Å². The Balaban J connectivity index is 1.58. The van der Waals surface area contributed by atoms with Crippen LogP contribution in [0, 0.1) is 0 Å². The van der Waals surface area contributed by atoms with Crippen molar-refractivity contribution < 1.29 is 19.4 Å². The lowest BCUT2D eigenvalue weighted by molar-refractivity contribution is -0.590. The van der Waals surface area contributed by atoms with Crippen molar-refractivity contribution in [2.45, 2.75) is 50.6 Å². The van der Waals surface area contributed by atoms with Crippen LogP contribution in [0.15, 0.2) is 35.3 Å². The molecule has 7 nitrogen and oxygen atoms in total. The minimum atomic E-state index is -0.559. The third-order valence-corrected chi connectivity index (χ3v) is 4.79. The summed E-state index contributed by atoms with van der Waals surface area (Å²) in [4.78, 5) is 9.71. The van der Waals surface area contributed by atoms with Crippen LogP contribution < -0.4 is 16.0 Å². The molecule has 7 heteroatoms. The highest BCUT2D eigenvalue weighted by molar-refractivity contribution is 5.79. The highest BCUT2D eigenvalue weighted by atomic mass is 16.7. The van der Waals surface area contributed by atoms with Crippen molar-refractivity contribution in [3.63, 3.8) is 0 Å². The van der Waals surface area contributed by atoms with Crippen molar-refractivity contribution in [1.82, 2.24) is 10.9 Å². The van der Waals surface area contributed by atoms with E-state index in [1.165, 1.54) is 5.56 Å². The van der Waals surface area contributed by atoms with E-state index in [0.29, 0.717) is 13.0 Å². The van der Waals surface area contributed by atoms with Gasteiger partial charge < -0.3 is 9.84 Å². The zero-order valence-electron chi connectivity index (χ0n) is 14.9. The molecule has 2 heterocycles. The molecule has 1 aromatic rings. The predicted octanol–water partition coefficient (Wildman–Crippen LogP) is 0.00260. The van der Waals surface area contributed by atoms with Gasteiger partial charge in [-0.1, -0.05) is 30.3 Å². The lowest BCUT2D eigenvalue weighted by Crippen LogP contribution is -2.44. The molecule has 3 rings (SSSR count). The van der Waals surface area contributed by atoms with Gasteiger partial charge in [0.25, 0.3) is 0 Å². The summed E-state index contributed by atoms with van der Waals surface area (Å²) in [5, 5.41) is 12.4. The Morgan fingerprint density at radius 3 is 2.88 bits per heavy atom. The highest BCUT2D eigenvalue weighted by Crippen LogP contribution is 2.23. The van der Waals surface area contributed by atoms with Gasteiger partial charge in [0.1, 0.15) is 12.6 Å². The van der Waals surface area contributed by atoms with Crippen molar-refractivity contribution in [3.05, 3.63) is 35.9 Å². The van der Waals surface area contributed by atoms with Gasteiger partial charge in [0, 0.05) is 19.1 Å². The molecular weight excluding hydrogens is 320 g/mol. The molecule has 2 aliphatic heterocycles. The summed E-state index contributed by atoms with van der Waals surface area (Å²) >= 11 is 0. The number of methoxy groups -OCH3 is 1. The second-order valence-corrected chi connectivity index (χ2v) is 6.98. The SMILES string of the molecule is COC(C)(C)C1CC(C([O-])=NC2C=[N+](Cc3ccccc3)NC2)ON1. The maximum Gasteiger partial charge on any atom is 0.196 e. The maximum absolute atomic E-state index is 12.4. The fraction of sp³-hybridized carbons (Fsp3) is 0.556. The van der Waals surface area contributed by atoms with E-state index < -0.39 is 11.7 Å². The van der Waals surface area contributed by atoms with E-state index in [9.17, 15) is 5.11 Å². The van der Waals surface area contributed by atoms with Crippen molar-refractivity contribution >= 4 is 12.1 Å². The van der Waals surface area contributed by atoms with Gasteiger partial charge in [0.2, 0.25) is 0 Å². The van der Waals surface area contributed by atoms with Crippen LogP contribution in [0.1, 0.15) is 25.8 Å². The monoisotopic (exact) mass is 346 g/mol. The summed E-state index contributed by atoms with van der Waals surface area (Å²) < 4.78 is 7.42. The molecule has 0 amide bonds. The van der Waals surface area contributed by atoms with Crippen molar-refractivity contribution in [1.29, 1.82) is 0 Å². The molecule has 3 atom stereocenters. The molecule has 0 radical (unpaired) electrons. The Morgan fingerprint density at radius 1 is 1.40 bits per heavy atom. The second kappa shape index (κ2) is 7.51. The number of rotatable bonds is 6. The summed E-state index contributed by atoms with van der Waals surface area (Å²) in [6, 6.07) is 9.95. The number of hydrazone groups is 1. The molecule has 136 valence electrons. The molecule has 0 aromatic heterocycles. The number of hydrogen-bond acceptors (Lipinski definition) is 6. The van der Waals surface area contributed by atoms with E-state index in [1.54, 1.807) is 7.11 Å². The van der Waals surface area contributed by atoms with Crippen LogP contribution in [0.4, 0.5) is 0 Å². The normalized spacial score (nSPS) is 27.2. The lowest BCUT2D eigenvalue weighted by Gasteiger charge is -2.28. The Hall–Kier alpha value is -1.96. The van der Waals surface area contributed by atoms with Gasteiger partial charge in [0.15, 0.2) is 18.8 Å². The standard InChI is InChI=1S/C18H26N4O3/c1-18(2,24-3)16-9-15(25-21-16)17(23)20-14-10-19-22(12-14)11-13-7-5-4-6-8-13/h4-8,12,14-16,19,21H,9-11H2,1-3H3. The van der Waals surface area contributed by atoms with Gasteiger partial charge in [-0.3, -0.25) is 9.83 Å². The van der Waals surface area contributed by atoms with Gasteiger partial charge >= 0.3 is 0 Å². The first kappa shape index (κ1) is 17.8. The van der Waals surface area contributed by atoms with Gasteiger partial charge in [-0.05, 0) is 19.7 Å². The predicted molar refractivity (Wildman–Crippen MR) is 93.2 cm³/mol. The van der Waals surface area contributed by atoms with Gasteiger partial charge in [-0.25, -0.2) is 0 Å². The maximum atomic E-state index is 12.4. The molecule has 0 saturated carbocycles. The van der Waals surface area contributed by atoms with Crippen LogP contribution in [-0.4, -0.2) is 54.2 Å². The number of hydrazine groups is 1. The third kappa shape index (κ3) is 4.36. The smallest absolute Gasteiger partial charge is 0.196 e. The molecule has 0 spiro atoms. The molecule has 0 aliphatic carbocycles. The van der Waals surface area contributed by atoms with E-state index >= 15 is 0 Å². The number of hydroxylamine groups is 1. The zero-order valence-corrected chi connectivity index (χ0v) is 14.9. The molecule has 25 heavy (non-hydrogen) atoms. The van der Waals surface area contributed by atoms with E-state index in [2.05, 4.69) is 28.0 Å². The van der Waals surface area contributed by atoms with Crippen LogP contribution in [0.2, 0.25) is 0 Å². The first-order chi connectivity index (χ1) is 12.0. The second-order valence-electron chi connectivity index (χ2n) is 6.98. The van der Waals surface area contributed by atoms with E-state index in [0.717, 1.165) is 6.54 Å². The Labute approximate surface area is 148 Å². The van der Waals surface area contributed by atoms with Crippen LogP contribution in [-0.2, 0) is 16.1 Å². The molecule has 1 fully saturated rings. The summed E-state index contributed by atoms with van der Waals surface area (Å²) in [5.74, 6) is -0.230.